The van der Waals surface area contributed by atoms with E-state index in [0.29, 0.717) is 13.1 Å². The Morgan fingerprint density at radius 2 is 1.52 bits per heavy atom. The zero-order valence-corrected chi connectivity index (χ0v) is 19.5. The van der Waals surface area contributed by atoms with Crippen molar-refractivity contribution >= 4 is 11.8 Å². The molecule has 0 aliphatic rings. The van der Waals surface area contributed by atoms with Crippen molar-refractivity contribution in [2.24, 2.45) is 5.92 Å². The normalized spacial score (nSPS) is 11.8. The lowest BCUT2D eigenvalue weighted by molar-refractivity contribution is 0.0940. The average molecular weight is 447 g/mol. The van der Waals surface area contributed by atoms with Gasteiger partial charge in [0.15, 0.2) is 0 Å². The van der Waals surface area contributed by atoms with E-state index in [2.05, 4.69) is 15.6 Å². The van der Waals surface area contributed by atoms with E-state index < -0.39 is 23.3 Å². The van der Waals surface area contributed by atoms with Crippen molar-refractivity contribution in [1.29, 1.82) is 0 Å². The van der Waals surface area contributed by atoms with Gasteiger partial charge in [0.2, 0.25) is 5.43 Å². The van der Waals surface area contributed by atoms with Gasteiger partial charge in [-0.15, -0.1) is 0 Å². The molecule has 0 spiro atoms. The second kappa shape index (κ2) is 10.7. The minimum atomic E-state index is -0.587. The maximum absolute atomic E-state index is 13.4. The second-order valence-corrected chi connectivity index (χ2v) is 8.46. The molecule has 2 heterocycles. The van der Waals surface area contributed by atoms with E-state index in [4.69, 9.17) is 0 Å². The highest BCUT2D eigenvalue weighted by Gasteiger charge is 2.23. The summed E-state index contributed by atoms with van der Waals surface area (Å²) >= 11 is 0. The Morgan fingerprint density at radius 3 is 2.09 bits per heavy atom. The van der Waals surface area contributed by atoms with Crippen LogP contribution in [0.1, 0.15) is 64.2 Å². The number of hydrogen-bond donors (Lipinski definition) is 2. The van der Waals surface area contributed by atoms with Gasteiger partial charge in [-0.3, -0.25) is 19.4 Å². The van der Waals surface area contributed by atoms with Crippen molar-refractivity contribution < 1.29 is 9.59 Å². The van der Waals surface area contributed by atoms with Crippen LogP contribution in [0.5, 0.6) is 0 Å². The maximum Gasteiger partial charge on any atom is 0.257 e. The predicted octanol–water partition coefficient (Wildman–Crippen LogP) is 3.48. The van der Waals surface area contributed by atoms with Crippen LogP contribution in [0.4, 0.5) is 0 Å². The van der Waals surface area contributed by atoms with E-state index in [1.54, 1.807) is 23.9 Å². The van der Waals surface area contributed by atoms with Crippen LogP contribution in [0.25, 0.3) is 0 Å². The number of nitrogens with zero attached hydrogens (tertiary/aromatic N) is 2. The summed E-state index contributed by atoms with van der Waals surface area (Å²) in [6.45, 7) is 8.78. The molecule has 33 heavy (non-hydrogen) atoms. The molecule has 7 heteroatoms. The highest BCUT2D eigenvalue weighted by Crippen LogP contribution is 2.22. The van der Waals surface area contributed by atoms with Gasteiger partial charge in [0, 0.05) is 37.9 Å². The first-order chi connectivity index (χ1) is 15.8. The van der Waals surface area contributed by atoms with E-state index in [9.17, 15) is 14.4 Å². The number of aromatic nitrogens is 2. The minimum Gasteiger partial charge on any atom is -0.352 e. The van der Waals surface area contributed by atoms with Crippen molar-refractivity contribution in [2.75, 3.05) is 6.54 Å². The molecule has 0 saturated heterocycles. The highest BCUT2D eigenvalue weighted by atomic mass is 16.2. The van der Waals surface area contributed by atoms with Gasteiger partial charge in [0.05, 0.1) is 6.04 Å². The zero-order chi connectivity index (χ0) is 24.0. The Balaban J connectivity index is 2.04. The SMILES string of the molecule is CCNC(=O)c1cn(CC(C)C)cc(C(=O)NC(c2ccncc2)c2ccc(C)cc2)c1=O. The third-order valence-corrected chi connectivity index (χ3v) is 5.21. The molecule has 1 aromatic carbocycles. The summed E-state index contributed by atoms with van der Waals surface area (Å²) in [6.07, 6.45) is 6.37. The lowest BCUT2D eigenvalue weighted by Crippen LogP contribution is -2.37. The molecule has 1 atom stereocenters. The molecule has 0 radical (unpaired) electrons. The number of hydrogen-bond acceptors (Lipinski definition) is 4. The minimum absolute atomic E-state index is 0.0408. The molecule has 0 aliphatic carbocycles. The van der Waals surface area contributed by atoms with Crippen LogP contribution < -0.4 is 16.1 Å². The van der Waals surface area contributed by atoms with Gasteiger partial charge in [-0.2, -0.15) is 0 Å². The molecule has 7 nitrogen and oxygen atoms in total. The van der Waals surface area contributed by atoms with Crippen molar-refractivity contribution in [3.05, 3.63) is 99.2 Å². The molecule has 1 unspecified atom stereocenters. The first-order valence-corrected chi connectivity index (χ1v) is 11.1. The number of nitrogens with one attached hydrogen (secondary N) is 2. The molecule has 2 amide bonds. The standard InChI is InChI=1S/C26H30N4O3/c1-5-28-25(32)21-15-30(14-17(2)3)16-22(24(21)31)26(33)29-23(20-10-12-27-13-11-20)19-8-6-18(4)7-9-19/h6-13,15-17,23H,5,14H2,1-4H3,(H,28,32)(H,29,33). The van der Waals surface area contributed by atoms with Crippen LogP contribution in [0, 0.1) is 12.8 Å². The molecule has 172 valence electrons. The number of carbonyl (C=O) groups is 2. The van der Waals surface area contributed by atoms with Crippen LogP contribution >= 0.6 is 0 Å². The highest BCUT2D eigenvalue weighted by molar-refractivity contribution is 5.99. The fourth-order valence-electron chi connectivity index (χ4n) is 3.62. The number of pyridine rings is 2. The number of amides is 2. The van der Waals surface area contributed by atoms with Gasteiger partial charge >= 0.3 is 0 Å². The van der Waals surface area contributed by atoms with E-state index in [0.717, 1.165) is 16.7 Å². The van der Waals surface area contributed by atoms with Crippen LogP contribution in [0.2, 0.25) is 0 Å². The Hall–Kier alpha value is -3.74. The van der Waals surface area contributed by atoms with Crippen molar-refractivity contribution in [2.45, 2.75) is 40.3 Å². The van der Waals surface area contributed by atoms with Gasteiger partial charge in [-0.25, -0.2) is 0 Å². The molecule has 0 aliphatic heterocycles. The first kappa shape index (κ1) is 23.9. The summed E-state index contributed by atoms with van der Waals surface area (Å²) < 4.78 is 1.73. The lowest BCUT2D eigenvalue weighted by Gasteiger charge is -2.21. The zero-order valence-electron chi connectivity index (χ0n) is 19.5. The lowest BCUT2D eigenvalue weighted by atomic mass is 9.98. The van der Waals surface area contributed by atoms with E-state index in [-0.39, 0.29) is 17.0 Å². The molecule has 0 fully saturated rings. The Labute approximate surface area is 193 Å². The van der Waals surface area contributed by atoms with Gasteiger partial charge in [-0.05, 0) is 43.0 Å². The molecular formula is C26H30N4O3. The number of benzene rings is 1. The number of carbonyl (C=O) groups excluding carboxylic acids is 2. The smallest absolute Gasteiger partial charge is 0.257 e. The molecule has 3 rings (SSSR count). The summed E-state index contributed by atoms with van der Waals surface area (Å²) in [4.78, 5) is 43.1. The second-order valence-electron chi connectivity index (χ2n) is 8.46. The van der Waals surface area contributed by atoms with Crippen LogP contribution in [0.3, 0.4) is 0 Å². The van der Waals surface area contributed by atoms with E-state index in [1.807, 2.05) is 57.2 Å². The molecule has 2 aromatic heterocycles. The Kier molecular flexibility index (Phi) is 7.77. The monoisotopic (exact) mass is 446 g/mol. The summed E-state index contributed by atoms with van der Waals surface area (Å²) in [6, 6.07) is 11.0. The number of rotatable bonds is 8. The third kappa shape index (κ3) is 5.94. The molecule has 0 bridgehead atoms. The van der Waals surface area contributed by atoms with Crippen molar-refractivity contribution in [3.63, 3.8) is 0 Å². The van der Waals surface area contributed by atoms with Crippen LogP contribution in [-0.4, -0.2) is 27.9 Å². The third-order valence-electron chi connectivity index (χ3n) is 5.21. The Morgan fingerprint density at radius 1 is 0.939 bits per heavy atom. The topological polar surface area (TPSA) is 93.1 Å². The van der Waals surface area contributed by atoms with Gasteiger partial charge in [0.1, 0.15) is 11.1 Å². The molecular weight excluding hydrogens is 416 g/mol. The largest absolute Gasteiger partial charge is 0.352 e. The number of aryl methyl sites for hydroxylation is 1. The summed E-state index contributed by atoms with van der Waals surface area (Å²) in [5.41, 5.74) is 2.12. The molecule has 3 aromatic rings. The van der Waals surface area contributed by atoms with Crippen molar-refractivity contribution in [3.8, 4) is 0 Å². The van der Waals surface area contributed by atoms with Gasteiger partial charge < -0.3 is 15.2 Å². The molecule has 0 saturated carbocycles. The Bertz CT molecular complexity index is 1170. The van der Waals surface area contributed by atoms with E-state index in [1.165, 1.54) is 12.4 Å². The van der Waals surface area contributed by atoms with Crippen LogP contribution in [-0.2, 0) is 6.54 Å². The molecule has 2 N–H and O–H groups in total. The van der Waals surface area contributed by atoms with Gasteiger partial charge in [0.25, 0.3) is 11.8 Å². The fraction of sp³-hybridized carbons (Fsp3) is 0.308. The maximum atomic E-state index is 13.4. The predicted molar refractivity (Wildman–Crippen MR) is 128 cm³/mol. The van der Waals surface area contributed by atoms with Gasteiger partial charge in [-0.1, -0.05) is 43.7 Å². The summed E-state index contributed by atoms with van der Waals surface area (Å²) in [5, 5.41) is 5.65. The van der Waals surface area contributed by atoms with Crippen molar-refractivity contribution in [1.82, 2.24) is 20.2 Å². The fourth-order valence-corrected chi connectivity index (χ4v) is 3.62. The van der Waals surface area contributed by atoms with Crippen LogP contribution in [0.15, 0.2) is 66.0 Å². The summed E-state index contributed by atoms with van der Waals surface area (Å²) in [7, 11) is 0. The summed E-state index contributed by atoms with van der Waals surface area (Å²) in [5.74, 6) is -0.757. The quantitative estimate of drug-likeness (QED) is 0.554. The van der Waals surface area contributed by atoms with E-state index >= 15 is 0 Å². The average Bonchev–Trinajstić information content (AvgIpc) is 2.79. The first-order valence-electron chi connectivity index (χ1n) is 11.1.